The first-order chi connectivity index (χ1) is 10.2. The Balaban J connectivity index is 1.98. The minimum atomic E-state index is 0.428. The van der Waals surface area contributed by atoms with E-state index in [0.717, 1.165) is 56.6 Å². The van der Waals surface area contributed by atoms with Crippen LogP contribution in [0.1, 0.15) is 48.9 Å². The molecule has 2 rings (SSSR count). The van der Waals surface area contributed by atoms with Crippen molar-refractivity contribution in [1.82, 2.24) is 4.98 Å². The number of pyridine rings is 1. The fraction of sp³-hybridized carbons (Fsp3) is 0.625. The molecule has 0 aromatic carbocycles. The summed E-state index contributed by atoms with van der Waals surface area (Å²) in [5.74, 6) is 0.856. The van der Waals surface area contributed by atoms with Crippen molar-refractivity contribution >= 4 is 23.0 Å². The number of ether oxygens (including phenoxy) is 1. The van der Waals surface area contributed by atoms with Gasteiger partial charge in [-0.2, -0.15) is 0 Å². The first-order valence-corrected chi connectivity index (χ1v) is 8.18. The second kappa shape index (κ2) is 8.29. The molecule has 0 spiro atoms. The van der Waals surface area contributed by atoms with Gasteiger partial charge in [0, 0.05) is 26.0 Å². The van der Waals surface area contributed by atoms with Crippen LogP contribution in [-0.4, -0.2) is 30.2 Å². The highest BCUT2D eigenvalue weighted by atomic mass is 32.1. The molecule has 0 amide bonds. The molecule has 1 heterocycles. The van der Waals surface area contributed by atoms with Gasteiger partial charge in [0.25, 0.3) is 0 Å². The number of nitrogens with one attached hydrogen (secondary N) is 1. The van der Waals surface area contributed by atoms with Crippen LogP contribution in [0.15, 0.2) is 6.07 Å². The molecule has 4 nitrogen and oxygen atoms in total. The number of nitrogens with two attached hydrogens (primary N) is 1. The van der Waals surface area contributed by atoms with Crippen molar-refractivity contribution in [2.75, 3.05) is 25.6 Å². The lowest BCUT2D eigenvalue weighted by atomic mass is 9.94. The summed E-state index contributed by atoms with van der Waals surface area (Å²) in [4.78, 5) is 5.19. The lowest BCUT2D eigenvalue weighted by Crippen LogP contribution is -2.18. The van der Waals surface area contributed by atoms with Crippen LogP contribution >= 0.6 is 12.2 Å². The van der Waals surface area contributed by atoms with Gasteiger partial charge in [-0.3, -0.25) is 0 Å². The second-order valence-corrected chi connectivity index (χ2v) is 5.98. The Bertz CT molecular complexity index is 491. The highest BCUT2D eigenvalue weighted by Crippen LogP contribution is 2.24. The summed E-state index contributed by atoms with van der Waals surface area (Å²) in [6.45, 7) is 1.72. The van der Waals surface area contributed by atoms with Crippen LogP contribution in [0.2, 0.25) is 0 Å². The minimum Gasteiger partial charge on any atom is -0.389 e. The van der Waals surface area contributed by atoms with Crippen molar-refractivity contribution in [1.29, 1.82) is 0 Å². The number of hydrogen-bond donors (Lipinski definition) is 2. The molecule has 5 heteroatoms. The number of hydrogen-bond acceptors (Lipinski definition) is 4. The predicted octanol–water partition coefficient (Wildman–Crippen LogP) is 2.82. The lowest BCUT2D eigenvalue weighted by molar-refractivity contribution is 0.192. The molecule has 0 aliphatic heterocycles. The minimum absolute atomic E-state index is 0.428. The Morgan fingerprint density at radius 3 is 2.90 bits per heavy atom. The van der Waals surface area contributed by atoms with E-state index in [1.807, 2.05) is 0 Å². The maximum Gasteiger partial charge on any atom is 0.136 e. The van der Waals surface area contributed by atoms with Crippen molar-refractivity contribution in [3.05, 3.63) is 22.9 Å². The van der Waals surface area contributed by atoms with Gasteiger partial charge in [0.2, 0.25) is 0 Å². The average molecular weight is 307 g/mol. The molecule has 0 unspecified atom stereocenters. The van der Waals surface area contributed by atoms with Crippen LogP contribution in [0, 0.1) is 0 Å². The van der Waals surface area contributed by atoms with E-state index >= 15 is 0 Å². The van der Waals surface area contributed by atoms with Gasteiger partial charge in [-0.25, -0.2) is 4.98 Å². The molecule has 1 aliphatic carbocycles. The van der Waals surface area contributed by atoms with Gasteiger partial charge in [0.1, 0.15) is 10.8 Å². The standard InChI is InChI=1S/C16H25N3OS/c1-20-10-6-2-5-9-18-16-13(15(17)21)11-12-7-3-4-8-14(12)19-16/h11H,2-10H2,1H3,(H2,17,21)(H,18,19). The normalized spacial score (nSPS) is 13.8. The topological polar surface area (TPSA) is 60.2 Å². The van der Waals surface area contributed by atoms with Crippen molar-refractivity contribution in [2.24, 2.45) is 5.73 Å². The van der Waals surface area contributed by atoms with Crippen molar-refractivity contribution in [3.63, 3.8) is 0 Å². The molecule has 0 saturated carbocycles. The number of fused-ring (bicyclic) bond motifs is 1. The van der Waals surface area contributed by atoms with E-state index < -0.39 is 0 Å². The van der Waals surface area contributed by atoms with Gasteiger partial charge < -0.3 is 15.8 Å². The molecule has 116 valence electrons. The Morgan fingerprint density at radius 2 is 2.14 bits per heavy atom. The summed E-state index contributed by atoms with van der Waals surface area (Å²) in [5, 5.41) is 3.40. The third-order valence-corrected chi connectivity index (χ3v) is 4.10. The van der Waals surface area contributed by atoms with Gasteiger partial charge in [-0.05, 0) is 56.6 Å². The van der Waals surface area contributed by atoms with Crippen LogP contribution in [0.25, 0.3) is 0 Å². The number of methoxy groups -OCH3 is 1. The maximum absolute atomic E-state index is 5.85. The fourth-order valence-electron chi connectivity index (χ4n) is 2.71. The lowest BCUT2D eigenvalue weighted by Gasteiger charge is -2.19. The van der Waals surface area contributed by atoms with Crippen LogP contribution in [0.4, 0.5) is 5.82 Å². The number of aryl methyl sites for hydroxylation is 2. The average Bonchev–Trinajstić information content (AvgIpc) is 2.49. The number of rotatable bonds is 8. The SMILES string of the molecule is COCCCCCNc1nc2c(cc1C(N)=S)CCCC2. The number of thiocarbonyl (C=S) groups is 1. The van der Waals surface area contributed by atoms with E-state index in [4.69, 9.17) is 27.7 Å². The molecule has 1 aromatic heterocycles. The summed E-state index contributed by atoms with van der Waals surface area (Å²) in [6, 6.07) is 2.14. The van der Waals surface area contributed by atoms with Crippen LogP contribution < -0.4 is 11.1 Å². The van der Waals surface area contributed by atoms with Crippen LogP contribution in [0.3, 0.4) is 0 Å². The smallest absolute Gasteiger partial charge is 0.136 e. The first-order valence-electron chi connectivity index (χ1n) is 7.77. The zero-order chi connectivity index (χ0) is 15.1. The molecular weight excluding hydrogens is 282 g/mol. The van der Waals surface area contributed by atoms with E-state index in [9.17, 15) is 0 Å². The summed E-state index contributed by atoms with van der Waals surface area (Å²) >= 11 is 5.17. The van der Waals surface area contributed by atoms with Crippen LogP contribution in [0.5, 0.6) is 0 Å². The van der Waals surface area contributed by atoms with Gasteiger partial charge >= 0.3 is 0 Å². The molecule has 3 N–H and O–H groups in total. The molecule has 1 aromatic rings. The Hall–Kier alpha value is -1.20. The largest absolute Gasteiger partial charge is 0.389 e. The molecule has 0 saturated heterocycles. The summed E-state index contributed by atoms with van der Waals surface area (Å²) in [7, 11) is 1.74. The molecule has 1 aliphatic rings. The number of anilines is 1. The summed E-state index contributed by atoms with van der Waals surface area (Å²) in [5.41, 5.74) is 9.27. The third kappa shape index (κ3) is 4.64. The zero-order valence-corrected chi connectivity index (χ0v) is 13.6. The Kier molecular flexibility index (Phi) is 6.39. The van der Waals surface area contributed by atoms with Gasteiger partial charge in [-0.1, -0.05) is 12.2 Å². The number of aromatic nitrogens is 1. The van der Waals surface area contributed by atoms with Crippen LogP contribution in [-0.2, 0) is 17.6 Å². The summed E-state index contributed by atoms with van der Waals surface area (Å²) < 4.78 is 5.05. The van der Waals surface area contributed by atoms with Gasteiger partial charge in [-0.15, -0.1) is 0 Å². The van der Waals surface area contributed by atoms with Crippen molar-refractivity contribution in [2.45, 2.75) is 44.9 Å². The highest BCUT2D eigenvalue weighted by molar-refractivity contribution is 7.80. The molecule has 0 atom stereocenters. The van der Waals surface area contributed by atoms with E-state index in [-0.39, 0.29) is 0 Å². The fourth-order valence-corrected chi connectivity index (χ4v) is 2.87. The van der Waals surface area contributed by atoms with Gasteiger partial charge in [0.15, 0.2) is 0 Å². The molecule has 0 bridgehead atoms. The Morgan fingerprint density at radius 1 is 1.33 bits per heavy atom. The third-order valence-electron chi connectivity index (χ3n) is 3.88. The van der Waals surface area contributed by atoms with Gasteiger partial charge in [0.05, 0.1) is 5.56 Å². The number of nitrogens with zero attached hydrogens (tertiary/aromatic N) is 1. The van der Waals surface area contributed by atoms with E-state index in [0.29, 0.717) is 4.99 Å². The number of unbranched alkanes of at least 4 members (excludes halogenated alkanes) is 2. The quantitative estimate of drug-likeness (QED) is 0.571. The van der Waals surface area contributed by atoms with Crippen molar-refractivity contribution < 1.29 is 4.74 Å². The maximum atomic E-state index is 5.85. The first kappa shape index (κ1) is 16.2. The molecule has 0 fully saturated rings. The van der Waals surface area contributed by atoms with E-state index in [1.54, 1.807) is 7.11 Å². The molecule has 0 radical (unpaired) electrons. The second-order valence-electron chi connectivity index (χ2n) is 5.54. The predicted molar refractivity (Wildman–Crippen MR) is 91.0 cm³/mol. The monoisotopic (exact) mass is 307 g/mol. The van der Waals surface area contributed by atoms with E-state index in [2.05, 4.69) is 11.4 Å². The highest BCUT2D eigenvalue weighted by Gasteiger charge is 2.16. The molecular formula is C16H25N3OS. The summed E-state index contributed by atoms with van der Waals surface area (Å²) in [6.07, 6.45) is 7.95. The molecule has 21 heavy (non-hydrogen) atoms. The zero-order valence-electron chi connectivity index (χ0n) is 12.8. The van der Waals surface area contributed by atoms with E-state index in [1.165, 1.54) is 24.1 Å². The Labute approximate surface area is 132 Å². The van der Waals surface area contributed by atoms with Crippen molar-refractivity contribution in [3.8, 4) is 0 Å².